The van der Waals surface area contributed by atoms with Gasteiger partial charge in [0, 0.05) is 36.1 Å². The summed E-state index contributed by atoms with van der Waals surface area (Å²) < 4.78 is 6.15. The number of para-hydroxylation sites is 1. The van der Waals surface area contributed by atoms with Gasteiger partial charge < -0.3 is 4.90 Å². The number of rotatable bonds is 7. The van der Waals surface area contributed by atoms with E-state index < -0.39 is 0 Å². The van der Waals surface area contributed by atoms with Gasteiger partial charge in [0.05, 0.1) is 10.6 Å². The van der Waals surface area contributed by atoms with Gasteiger partial charge in [0.25, 0.3) is 5.56 Å². The molecule has 0 saturated heterocycles. The highest BCUT2D eigenvalue weighted by atomic mass is 32.2. The third-order valence-corrected chi connectivity index (χ3v) is 10.4. The van der Waals surface area contributed by atoms with Crippen LogP contribution in [0, 0.1) is 0 Å². The maximum Gasteiger partial charge on any atom is 0.269 e. The minimum atomic E-state index is 0.0692. The molecule has 42 heavy (non-hydrogen) atoms. The van der Waals surface area contributed by atoms with Gasteiger partial charge in [-0.2, -0.15) is 0 Å². The summed E-state index contributed by atoms with van der Waals surface area (Å²) >= 11 is 3.48. The second kappa shape index (κ2) is 12.6. The molecule has 2 atom stereocenters. The van der Waals surface area contributed by atoms with Crippen molar-refractivity contribution in [1.29, 1.82) is 0 Å². The second-order valence-corrected chi connectivity index (χ2v) is 12.6. The normalized spacial score (nSPS) is 20.2. The van der Waals surface area contributed by atoms with E-state index in [9.17, 15) is 4.79 Å². The van der Waals surface area contributed by atoms with Crippen LogP contribution in [0.3, 0.4) is 0 Å². The highest BCUT2D eigenvalue weighted by Crippen LogP contribution is 2.48. The maximum absolute atomic E-state index is 13.6. The zero-order chi connectivity index (χ0) is 29.1. The van der Waals surface area contributed by atoms with E-state index in [2.05, 4.69) is 140 Å². The predicted molar refractivity (Wildman–Crippen MR) is 181 cm³/mol. The number of thiazole rings is 1. The Bertz CT molecular complexity index is 1850. The Labute approximate surface area is 256 Å². The average Bonchev–Trinajstić information content (AvgIpc) is 3.56. The summed E-state index contributed by atoms with van der Waals surface area (Å²) in [5.41, 5.74) is 6.20. The molecule has 4 nitrogen and oxygen atoms in total. The predicted octanol–water partition coefficient (Wildman–Crippen LogP) is 6.59. The van der Waals surface area contributed by atoms with Crippen molar-refractivity contribution in [3.05, 3.63) is 140 Å². The molecule has 3 aromatic carbocycles. The highest BCUT2D eigenvalue weighted by Gasteiger charge is 2.43. The molecule has 0 amide bonds. The van der Waals surface area contributed by atoms with Gasteiger partial charge in [0.1, 0.15) is 16.5 Å². The van der Waals surface area contributed by atoms with Gasteiger partial charge in [-0.05, 0) is 61.9 Å². The largest absolute Gasteiger partial charge is 0.348 e. The van der Waals surface area contributed by atoms with Crippen LogP contribution in [0.25, 0.3) is 17.7 Å². The fourth-order valence-electron chi connectivity index (χ4n) is 5.89. The van der Waals surface area contributed by atoms with Crippen LogP contribution in [0.2, 0.25) is 0 Å². The number of thioether (sulfide) groups is 1. The van der Waals surface area contributed by atoms with Crippen molar-refractivity contribution in [3.63, 3.8) is 0 Å². The maximum atomic E-state index is 13.6. The lowest BCUT2D eigenvalue weighted by atomic mass is 9.97. The first-order valence-electron chi connectivity index (χ1n) is 14.7. The van der Waals surface area contributed by atoms with Crippen molar-refractivity contribution in [2.45, 2.75) is 38.6 Å². The summed E-state index contributed by atoms with van der Waals surface area (Å²) in [5, 5.41) is 1.47. The molecule has 4 aromatic rings. The molecule has 0 unspecified atom stereocenters. The van der Waals surface area contributed by atoms with E-state index in [4.69, 9.17) is 0 Å². The summed E-state index contributed by atoms with van der Waals surface area (Å²) in [5.74, 6) is 0. The Morgan fingerprint density at radius 2 is 1.52 bits per heavy atom. The molecule has 3 heterocycles. The quantitative estimate of drug-likeness (QED) is 0.228. The molecule has 0 N–H and O–H groups in total. The Morgan fingerprint density at radius 1 is 0.833 bits per heavy atom. The van der Waals surface area contributed by atoms with Crippen LogP contribution in [0.5, 0.6) is 0 Å². The molecule has 0 bridgehead atoms. The van der Waals surface area contributed by atoms with E-state index in [1.807, 2.05) is 22.4 Å². The third-order valence-electron chi connectivity index (χ3n) is 7.98. The number of likely N-dealkylation sites (N-methyl/N-ethyl adjacent to an activating group) is 1. The number of hydrogen-bond acceptors (Lipinski definition) is 4. The summed E-state index contributed by atoms with van der Waals surface area (Å²) in [6, 6.07) is 30.3. The summed E-state index contributed by atoms with van der Waals surface area (Å²) in [6.07, 6.45) is 10.6. The van der Waals surface area contributed by atoms with Crippen molar-refractivity contribution < 1.29 is 4.58 Å². The molecule has 0 saturated carbocycles. The second-order valence-electron chi connectivity index (χ2n) is 10.3. The van der Waals surface area contributed by atoms with Gasteiger partial charge in [0.15, 0.2) is 6.04 Å². The van der Waals surface area contributed by atoms with Crippen LogP contribution in [0.15, 0.2) is 108 Å². The molecule has 212 valence electrons. The number of anilines is 1. The van der Waals surface area contributed by atoms with Gasteiger partial charge in [0.2, 0.25) is 5.04 Å². The topological polar surface area (TPSA) is 28.2 Å². The monoisotopic (exact) mass is 590 g/mol. The molecule has 0 spiro atoms. The van der Waals surface area contributed by atoms with Gasteiger partial charge in [-0.25, -0.2) is 4.58 Å². The third kappa shape index (κ3) is 5.37. The first-order valence-corrected chi connectivity index (χ1v) is 16.4. The number of benzene rings is 3. The molecule has 2 aliphatic heterocycles. The van der Waals surface area contributed by atoms with Crippen molar-refractivity contribution in [1.82, 2.24) is 4.57 Å². The van der Waals surface area contributed by atoms with Crippen molar-refractivity contribution in [2.75, 3.05) is 18.0 Å². The zero-order valence-electron chi connectivity index (χ0n) is 24.3. The van der Waals surface area contributed by atoms with Crippen molar-refractivity contribution in [2.24, 2.45) is 0 Å². The Morgan fingerprint density at radius 3 is 2.21 bits per heavy atom. The summed E-state index contributed by atoms with van der Waals surface area (Å²) in [4.78, 5) is 15.8. The molecular formula is C36H36N3OS2+. The smallest absolute Gasteiger partial charge is 0.269 e. The van der Waals surface area contributed by atoms with E-state index in [1.54, 1.807) is 11.3 Å². The van der Waals surface area contributed by atoms with Gasteiger partial charge in [-0.1, -0.05) is 84.9 Å². The molecular weight excluding hydrogens is 555 g/mol. The number of allylic oxidation sites excluding steroid dienone is 3. The number of hydrogen-bond donors (Lipinski definition) is 0. The van der Waals surface area contributed by atoms with Gasteiger partial charge in [-0.15, -0.1) is 11.3 Å². The van der Waals surface area contributed by atoms with Gasteiger partial charge >= 0.3 is 0 Å². The van der Waals surface area contributed by atoms with Crippen LogP contribution >= 0.6 is 23.1 Å². The Kier molecular flexibility index (Phi) is 8.45. The molecule has 1 aromatic heterocycles. The lowest BCUT2D eigenvalue weighted by molar-refractivity contribution is -0.562. The van der Waals surface area contributed by atoms with Crippen LogP contribution in [0.1, 0.15) is 48.8 Å². The number of aromatic nitrogens is 1. The fourth-order valence-corrected chi connectivity index (χ4v) is 8.56. The summed E-state index contributed by atoms with van der Waals surface area (Å²) in [7, 11) is 0. The standard InChI is InChI=1S/C36H36N3OS2/c1-4-37-24-23-26(29-19-13-14-20-30(29)37)21-22-31-36(40)39(6-3)33(41-31)25-32-38(5-2)34(27-15-9-7-10-16-27)35(42-32)28-17-11-8-12-18-28/h7-25,34-35H,4-6H2,1-3H3/q+1/b26-21+,31-22+/t34-,35+/m0/s1. The minimum Gasteiger partial charge on any atom is -0.348 e. The first kappa shape index (κ1) is 28.3. The fraction of sp³-hybridized carbons (Fsp3) is 0.222. The lowest BCUT2D eigenvalue weighted by Gasteiger charge is -2.26. The van der Waals surface area contributed by atoms with Crippen LogP contribution in [-0.2, 0) is 6.54 Å². The van der Waals surface area contributed by atoms with Gasteiger partial charge in [-0.3, -0.25) is 9.36 Å². The first-order chi connectivity index (χ1) is 20.6. The van der Waals surface area contributed by atoms with E-state index in [0.29, 0.717) is 6.54 Å². The number of nitrogens with zero attached hydrogens (tertiary/aromatic N) is 3. The van der Waals surface area contributed by atoms with Crippen molar-refractivity contribution >= 4 is 51.6 Å². The average molecular weight is 591 g/mol. The van der Waals surface area contributed by atoms with E-state index in [1.165, 1.54) is 27.4 Å². The van der Waals surface area contributed by atoms with Crippen LogP contribution in [-0.4, -0.2) is 27.3 Å². The molecule has 0 radical (unpaired) electrons. The number of fused-ring (bicyclic) bond motifs is 1. The van der Waals surface area contributed by atoms with Crippen LogP contribution in [0.4, 0.5) is 5.69 Å². The Hall–Kier alpha value is -3.87. The van der Waals surface area contributed by atoms with Crippen LogP contribution < -0.4 is 19.7 Å². The lowest BCUT2D eigenvalue weighted by Crippen LogP contribution is -2.31. The van der Waals surface area contributed by atoms with Crippen molar-refractivity contribution in [3.8, 4) is 0 Å². The summed E-state index contributed by atoms with van der Waals surface area (Å²) in [6.45, 7) is 8.86. The Balaban J connectivity index is 1.44. The van der Waals surface area contributed by atoms with E-state index in [0.717, 1.165) is 27.9 Å². The van der Waals surface area contributed by atoms with E-state index in [-0.39, 0.29) is 16.9 Å². The highest BCUT2D eigenvalue weighted by molar-refractivity contribution is 8.15. The molecule has 0 fully saturated rings. The molecule has 6 rings (SSSR count). The molecule has 0 aliphatic carbocycles. The molecule has 6 heteroatoms. The zero-order valence-corrected chi connectivity index (χ0v) is 25.9. The molecule has 2 aliphatic rings. The minimum absolute atomic E-state index is 0.0692. The SMILES string of the molecule is CCN1C=C/C(=C\C=c2\s/c(=C/C3=[N+](CC)[C@@H](c4ccccc4)[C@@H](c4ccccc4)S3)n(CC)c2=O)c2ccccc21. The van der Waals surface area contributed by atoms with E-state index >= 15 is 0 Å².